The minimum Gasteiger partial charge on any atom is -0.469 e. The summed E-state index contributed by atoms with van der Waals surface area (Å²) in [4.78, 5) is 27.2. The maximum Gasteiger partial charge on any atom is 0.373 e. The van der Waals surface area contributed by atoms with E-state index in [4.69, 9.17) is 9.59 Å². The van der Waals surface area contributed by atoms with Gasteiger partial charge in [0.05, 0.1) is 13.5 Å². The van der Waals surface area contributed by atoms with Gasteiger partial charge in [-0.3, -0.25) is 4.79 Å². The second-order valence-electron chi connectivity index (χ2n) is 2.93. The first-order valence-electron chi connectivity index (χ1n) is 4.36. The Balaban J connectivity index is 0.000000673. The second kappa shape index (κ2) is 7.79. The molecule has 0 heterocycles. The zero-order valence-corrected chi connectivity index (χ0v) is 10.5. The third-order valence-electron chi connectivity index (χ3n) is 1.77. The largest absolute Gasteiger partial charge is 0.469 e. The lowest BCUT2D eigenvalue weighted by Gasteiger charge is -2.03. The van der Waals surface area contributed by atoms with Gasteiger partial charge in [-0.05, 0) is 24.1 Å². The molecule has 0 spiro atoms. The highest BCUT2D eigenvalue weighted by atomic mass is 79.9. The first-order chi connectivity index (χ1) is 7.54. The summed E-state index contributed by atoms with van der Waals surface area (Å²) in [6, 6.07) is 5.89. The zero-order chi connectivity index (χ0) is 12.6. The predicted octanol–water partition coefficient (Wildman–Crippen LogP) is 1.89. The standard InChI is InChI=1S/C10H11BrO2.CO2/c1-7-3-4-8(9(11)5-7)6-10(12)13-2;2-1-3/h3-5H,6H2,1-2H3;. The molecule has 0 unspecified atom stereocenters. The number of aryl methyl sites for hydroxylation is 1. The molecule has 0 radical (unpaired) electrons. The summed E-state index contributed by atoms with van der Waals surface area (Å²) in [6.45, 7) is 2.01. The van der Waals surface area contributed by atoms with E-state index >= 15 is 0 Å². The molecule has 1 aromatic rings. The van der Waals surface area contributed by atoms with Crippen molar-refractivity contribution < 1.29 is 19.1 Å². The summed E-state index contributed by atoms with van der Waals surface area (Å²) < 4.78 is 5.54. The molecule has 1 rings (SSSR count). The summed E-state index contributed by atoms with van der Waals surface area (Å²) in [5.74, 6) is -0.218. The molecule has 1 aromatic carbocycles. The van der Waals surface area contributed by atoms with Gasteiger partial charge in [-0.1, -0.05) is 28.1 Å². The molecule has 0 atom stereocenters. The highest BCUT2D eigenvalue weighted by Crippen LogP contribution is 2.18. The lowest BCUT2D eigenvalue weighted by Crippen LogP contribution is -2.04. The van der Waals surface area contributed by atoms with Crippen molar-refractivity contribution in [2.45, 2.75) is 13.3 Å². The number of halogens is 1. The van der Waals surface area contributed by atoms with Gasteiger partial charge in [0.15, 0.2) is 0 Å². The molecule has 0 amide bonds. The molecule has 0 aliphatic carbocycles. The van der Waals surface area contributed by atoms with Gasteiger partial charge >= 0.3 is 12.1 Å². The normalized spacial score (nSPS) is 8.44. The summed E-state index contributed by atoms with van der Waals surface area (Å²) in [7, 11) is 1.39. The van der Waals surface area contributed by atoms with Crippen LogP contribution in [0.4, 0.5) is 0 Å². The average Bonchev–Trinajstić information content (AvgIpc) is 2.23. The van der Waals surface area contributed by atoms with Crippen molar-refractivity contribution in [2.75, 3.05) is 7.11 Å². The van der Waals surface area contributed by atoms with Crippen LogP contribution in [0.3, 0.4) is 0 Å². The third-order valence-corrected chi connectivity index (χ3v) is 2.51. The molecule has 0 saturated carbocycles. The number of rotatable bonds is 2. The van der Waals surface area contributed by atoms with Crippen molar-refractivity contribution >= 4 is 28.1 Å². The Morgan fingerprint density at radius 3 is 2.44 bits per heavy atom. The minimum absolute atomic E-state index is 0.218. The van der Waals surface area contributed by atoms with Crippen LogP contribution in [0.15, 0.2) is 22.7 Å². The Morgan fingerprint density at radius 1 is 1.44 bits per heavy atom. The number of carbonyl (C=O) groups is 1. The van der Waals surface area contributed by atoms with Crippen LogP contribution in [-0.2, 0) is 25.5 Å². The molecule has 0 aromatic heterocycles. The number of ether oxygens (including phenoxy) is 1. The molecule has 0 fully saturated rings. The van der Waals surface area contributed by atoms with E-state index in [1.807, 2.05) is 25.1 Å². The SMILES string of the molecule is COC(=O)Cc1ccc(C)cc1Br.O=C=O. The summed E-state index contributed by atoms with van der Waals surface area (Å²) in [5.41, 5.74) is 2.12. The molecule has 0 aliphatic heterocycles. The smallest absolute Gasteiger partial charge is 0.373 e. The Kier molecular flexibility index (Phi) is 7.09. The van der Waals surface area contributed by atoms with E-state index in [9.17, 15) is 4.79 Å². The summed E-state index contributed by atoms with van der Waals surface area (Å²) in [5, 5.41) is 0. The van der Waals surface area contributed by atoms with Gasteiger partial charge in [0, 0.05) is 4.47 Å². The van der Waals surface area contributed by atoms with Crippen LogP contribution in [0.2, 0.25) is 0 Å². The van der Waals surface area contributed by atoms with Gasteiger partial charge in [0.2, 0.25) is 0 Å². The topological polar surface area (TPSA) is 60.4 Å². The number of methoxy groups -OCH3 is 1. The van der Waals surface area contributed by atoms with Crippen molar-refractivity contribution in [2.24, 2.45) is 0 Å². The van der Waals surface area contributed by atoms with Gasteiger partial charge < -0.3 is 4.74 Å². The van der Waals surface area contributed by atoms with Crippen molar-refractivity contribution in [1.82, 2.24) is 0 Å². The molecular formula is C11H11BrO4. The number of benzene rings is 1. The quantitative estimate of drug-likeness (QED) is 0.779. The van der Waals surface area contributed by atoms with Crippen molar-refractivity contribution in [1.29, 1.82) is 0 Å². The highest BCUT2D eigenvalue weighted by Gasteiger charge is 2.05. The van der Waals surface area contributed by atoms with E-state index in [-0.39, 0.29) is 12.1 Å². The molecule has 86 valence electrons. The van der Waals surface area contributed by atoms with Gasteiger partial charge in [-0.15, -0.1) is 0 Å². The molecular weight excluding hydrogens is 276 g/mol. The number of hydrogen-bond donors (Lipinski definition) is 0. The van der Waals surface area contributed by atoms with Crippen LogP contribution in [0.1, 0.15) is 11.1 Å². The Labute approximate surface area is 102 Å². The lowest BCUT2D eigenvalue weighted by molar-refractivity contribution is -0.191. The van der Waals surface area contributed by atoms with Gasteiger partial charge in [0.25, 0.3) is 0 Å². The number of hydrogen-bond acceptors (Lipinski definition) is 4. The fraction of sp³-hybridized carbons (Fsp3) is 0.273. The van der Waals surface area contributed by atoms with Crippen LogP contribution in [-0.4, -0.2) is 19.2 Å². The molecule has 5 heteroatoms. The van der Waals surface area contributed by atoms with Crippen molar-refractivity contribution in [3.63, 3.8) is 0 Å². The van der Waals surface area contributed by atoms with Crippen LogP contribution < -0.4 is 0 Å². The Bertz CT molecular complexity index is 395. The van der Waals surface area contributed by atoms with E-state index in [0.717, 1.165) is 10.0 Å². The molecule has 4 nitrogen and oxygen atoms in total. The molecule has 0 aliphatic rings. The first-order valence-corrected chi connectivity index (χ1v) is 5.15. The third kappa shape index (κ3) is 5.44. The second-order valence-corrected chi connectivity index (χ2v) is 3.79. The summed E-state index contributed by atoms with van der Waals surface area (Å²) >= 11 is 3.40. The van der Waals surface area contributed by atoms with Crippen LogP contribution in [0, 0.1) is 6.92 Å². The van der Waals surface area contributed by atoms with Crippen molar-refractivity contribution in [3.05, 3.63) is 33.8 Å². The maximum absolute atomic E-state index is 11.0. The lowest BCUT2D eigenvalue weighted by atomic mass is 10.1. The minimum atomic E-state index is -0.218. The van der Waals surface area contributed by atoms with E-state index in [1.54, 1.807) is 0 Å². The fourth-order valence-corrected chi connectivity index (χ4v) is 1.66. The van der Waals surface area contributed by atoms with E-state index in [0.29, 0.717) is 6.42 Å². The predicted molar refractivity (Wildman–Crippen MR) is 59.6 cm³/mol. The Morgan fingerprint density at radius 2 is 2.00 bits per heavy atom. The Hall–Kier alpha value is -1.45. The van der Waals surface area contributed by atoms with Crippen LogP contribution in [0.5, 0.6) is 0 Å². The molecule has 16 heavy (non-hydrogen) atoms. The van der Waals surface area contributed by atoms with Crippen LogP contribution >= 0.6 is 15.9 Å². The van der Waals surface area contributed by atoms with Crippen molar-refractivity contribution in [3.8, 4) is 0 Å². The van der Waals surface area contributed by atoms with E-state index < -0.39 is 0 Å². The molecule has 0 saturated heterocycles. The van der Waals surface area contributed by atoms with E-state index in [2.05, 4.69) is 20.7 Å². The first kappa shape index (κ1) is 14.6. The maximum atomic E-state index is 11.0. The van der Waals surface area contributed by atoms with Gasteiger partial charge in [-0.25, -0.2) is 0 Å². The number of esters is 1. The number of carbonyl (C=O) groups excluding carboxylic acids is 3. The monoisotopic (exact) mass is 286 g/mol. The fourth-order valence-electron chi connectivity index (χ4n) is 1.02. The highest BCUT2D eigenvalue weighted by molar-refractivity contribution is 9.10. The van der Waals surface area contributed by atoms with Gasteiger partial charge in [0.1, 0.15) is 0 Å². The molecule has 0 N–H and O–H groups in total. The molecule has 0 bridgehead atoms. The van der Waals surface area contributed by atoms with E-state index in [1.165, 1.54) is 12.7 Å². The average molecular weight is 287 g/mol. The zero-order valence-electron chi connectivity index (χ0n) is 8.95. The van der Waals surface area contributed by atoms with Gasteiger partial charge in [-0.2, -0.15) is 9.59 Å². The van der Waals surface area contributed by atoms with Crippen LogP contribution in [0.25, 0.3) is 0 Å². The summed E-state index contributed by atoms with van der Waals surface area (Å²) in [6.07, 6.45) is 0.567.